The zero-order chi connectivity index (χ0) is 18.1. The third kappa shape index (κ3) is 7.78. The Morgan fingerprint density at radius 2 is 1.81 bits per heavy atom. The molecular formula is C18H34ClN3O4. The van der Waals surface area contributed by atoms with Gasteiger partial charge in [0.05, 0.1) is 13.2 Å². The van der Waals surface area contributed by atoms with Crippen LogP contribution in [0, 0.1) is 11.8 Å². The minimum atomic E-state index is -0.0916. The molecule has 0 aromatic carbocycles. The summed E-state index contributed by atoms with van der Waals surface area (Å²) in [4.78, 5) is 24.3. The summed E-state index contributed by atoms with van der Waals surface area (Å²) >= 11 is 0. The number of halogens is 1. The molecule has 2 aliphatic rings. The van der Waals surface area contributed by atoms with Gasteiger partial charge in [0.1, 0.15) is 6.61 Å². The van der Waals surface area contributed by atoms with Crippen LogP contribution in [0.2, 0.25) is 0 Å². The zero-order valence-electron chi connectivity index (χ0n) is 15.9. The van der Waals surface area contributed by atoms with Crippen molar-refractivity contribution in [2.24, 2.45) is 11.8 Å². The summed E-state index contributed by atoms with van der Waals surface area (Å²) in [6.07, 6.45) is 4.46. The molecule has 2 unspecified atom stereocenters. The second kappa shape index (κ2) is 12.5. The lowest BCUT2D eigenvalue weighted by molar-refractivity contribution is -0.128. The summed E-state index contributed by atoms with van der Waals surface area (Å²) in [6.45, 7) is 5.08. The Hall–Kier alpha value is -0.890. The molecule has 1 saturated carbocycles. The van der Waals surface area contributed by atoms with Crippen molar-refractivity contribution in [3.8, 4) is 0 Å². The molecule has 1 saturated heterocycles. The molecule has 8 heteroatoms. The number of carbonyl (C=O) groups excluding carboxylic acids is 2. The zero-order valence-corrected chi connectivity index (χ0v) is 16.7. The van der Waals surface area contributed by atoms with Crippen LogP contribution in [0.5, 0.6) is 0 Å². The van der Waals surface area contributed by atoms with Gasteiger partial charge in [-0.25, -0.2) is 0 Å². The summed E-state index contributed by atoms with van der Waals surface area (Å²) in [5, 5.41) is 9.56. The monoisotopic (exact) mass is 391 g/mol. The van der Waals surface area contributed by atoms with Crippen LogP contribution in [0.1, 0.15) is 39.0 Å². The van der Waals surface area contributed by atoms with Crippen molar-refractivity contribution < 1.29 is 19.1 Å². The molecule has 2 fully saturated rings. The Bertz CT molecular complexity index is 431. The molecule has 7 nitrogen and oxygen atoms in total. The highest BCUT2D eigenvalue weighted by atomic mass is 35.5. The Labute approximate surface area is 162 Å². The van der Waals surface area contributed by atoms with Crippen LogP contribution in [0.25, 0.3) is 0 Å². The van der Waals surface area contributed by atoms with Gasteiger partial charge in [-0.2, -0.15) is 0 Å². The fraction of sp³-hybridized carbons (Fsp3) is 0.889. The van der Waals surface area contributed by atoms with Gasteiger partial charge < -0.3 is 25.4 Å². The van der Waals surface area contributed by atoms with E-state index >= 15 is 0 Å². The third-order valence-electron chi connectivity index (χ3n) is 5.28. The van der Waals surface area contributed by atoms with Crippen LogP contribution in [0.3, 0.4) is 0 Å². The molecule has 152 valence electrons. The van der Waals surface area contributed by atoms with Crippen LogP contribution in [0.15, 0.2) is 0 Å². The van der Waals surface area contributed by atoms with E-state index in [1.807, 2.05) is 0 Å². The molecule has 1 aliphatic carbocycles. The van der Waals surface area contributed by atoms with E-state index < -0.39 is 0 Å². The van der Waals surface area contributed by atoms with Gasteiger partial charge in [0.15, 0.2) is 0 Å². The van der Waals surface area contributed by atoms with Crippen molar-refractivity contribution in [2.45, 2.75) is 51.1 Å². The summed E-state index contributed by atoms with van der Waals surface area (Å²) in [7, 11) is 1.60. The minimum Gasteiger partial charge on any atom is -0.382 e. The van der Waals surface area contributed by atoms with Crippen molar-refractivity contribution in [3.05, 3.63) is 0 Å². The minimum absolute atomic E-state index is 0. The predicted molar refractivity (Wildman–Crippen MR) is 102 cm³/mol. The lowest BCUT2D eigenvalue weighted by Gasteiger charge is -2.33. The van der Waals surface area contributed by atoms with Crippen LogP contribution >= 0.6 is 12.4 Å². The van der Waals surface area contributed by atoms with Gasteiger partial charge in [-0.15, -0.1) is 12.4 Å². The van der Waals surface area contributed by atoms with Crippen molar-refractivity contribution >= 4 is 24.2 Å². The molecule has 0 aromatic rings. The lowest BCUT2D eigenvalue weighted by Crippen LogP contribution is -2.52. The van der Waals surface area contributed by atoms with Crippen molar-refractivity contribution in [1.82, 2.24) is 16.0 Å². The van der Waals surface area contributed by atoms with Gasteiger partial charge in [0.25, 0.3) is 0 Å². The largest absolute Gasteiger partial charge is 0.382 e. The number of nitrogens with one attached hydrogen (secondary N) is 3. The lowest BCUT2D eigenvalue weighted by atomic mass is 9.84. The molecule has 2 amide bonds. The number of amides is 2. The van der Waals surface area contributed by atoms with Gasteiger partial charge >= 0.3 is 0 Å². The van der Waals surface area contributed by atoms with Crippen molar-refractivity contribution in [1.29, 1.82) is 0 Å². The highest BCUT2D eigenvalue weighted by Gasteiger charge is 2.30. The first-order chi connectivity index (χ1) is 12.1. The predicted octanol–water partition coefficient (Wildman–Crippen LogP) is 0.860. The van der Waals surface area contributed by atoms with E-state index in [4.69, 9.17) is 9.47 Å². The Balaban J connectivity index is 0.00000338. The molecule has 0 bridgehead atoms. The van der Waals surface area contributed by atoms with E-state index in [1.165, 1.54) is 0 Å². The first kappa shape index (κ1) is 23.1. The number of rotatable bonds is 8. The smallest absolute Gasteiger partial charge is 0.246 e. The maximum atomic E-state index is 12.5. The fourth-order valence-electron chi connectivity index (χ4n) is 3.56. The van der Waals surface area contributed by atoms with Crippen molar-refractivity contribution in [2.75, 3.05) is 40.0 Å². The van der Waals surface area contributed by atoms with Gasteiger partial charge in [0, 0.05) is 31.7 Å². The number of ether oxygens (including phenoxy) is 2. The highest BCUT2D eigenvalue weighted by Crippen LogP contribution is 2.25. The fourth-order valence-corrected chi connectivity index (χ4v) is 3.56. The van der Waals surface area contributed by atoms with Gasteiger partial charge in [-0.1, -0.05) is 6.92 Å². The summed E-state index contributed by atoms with van der Waals surface area (Å²) in [5.74, 6) is 0.679. The summed E-state index contributed by atoms with van der Waals surface area (Å²) < 4.78 is 10.1. The molecule has 2 rings (SSSR count). The maximum Gasteiger partial charge on any atom is 0.246 e. The Kier molecular flexibility index (Phi) is 11.1. The molecule has 1 aliphatic heterocycles. The van der Waals surface area contributed by atoms with Gasteiger partial charge in [-0.3, -0.25) is 9.59 Å². The average Bonchev–Trinajstić information content (AvgIpc) is 2.61. The summed E-state index contributed by atoms with van der Waals surface area (Å²) in [6, 6.07) is 0.390. The van der Waals surface area contributed by atoms with E-state index in [1.54, 1.807) is 7.11 Å². The first-order valence-corrected chi connectivity index (χ1v) is 9.47. The quantitative estimate of drug-likeness (QED) is 0.534. The van der Waals surface area contributed by atoms with Crippen LogP contribution in [0.4, 0.5) is 0 Å². The Morgan fingerprint density at radius 3 is 2.46 bits per heavy atom. The van der Waals surface area contributed by atoms with Crippen molar-refractivity contribution in [3.63, 3.8) is 0 Å². The number of carbonyl (C=O) groups is 2. The number of piperidine rings is 1. The number of hydrogen-bond donors (Lipinski definition) is 3. The molecule has 0 radical (unpaired) electrons. The second-order valence-corrected chi connectivity index (χ2v) is 7.25. The molecule has 0 aromatic heterocycles. The van der Waals surface area contributed by atoms with Gasteiger partial charge in [0.2, 0.25) is 11.8 Å². The van der Waals surface area contributed by atoms with Crippen LogP contribution in [-0.4, -0.2) is 63.9 Å². The van der Waals surface area contributed by atoms with E-state index in [0.29, 0.717) is 19.1 Å². The Morgan fingerprint density at radius 1 is 1.08 bits per heavy atom. The normalized spacial score (nSPS) is 28.7. The molecule has 1 heterocycles. The second-order valence-electron chi connectivity index (χ2n) is 7.25. The molecule has 0 spiro atoms. The molecule has 2 atom stereocenters. The molecule has 3 N–H and O–H groups in total. The van der Waals surface area contributed by atoms with Crippen LogP contribution < -0.4 is 16.0 Å². The average molecular weight is 392 g/mol. The SMILES string of the molecule is COCCOCC(=O)NC1CCC(C(=O)NC2CNCCC2C)CC1.Cl. The maximum absolute atomic E-state index is 12.5. The topological polar surface area (TPSA) is 88.7 Å². The number of methoxy groups -OCH3 is 1. The van der Waals surface area contributed by atoms with E-state index in [9.17, 15) is 9.59 Å². The third-order valence-corrected chi connectivity index (χ3v) is 5.28. The van der Waals surface area contributed by atoms with E-state index in [2.05, 4.69) is 22.9 Å². The molecule has 26 heavy (non-hydrogen) atoms. The van der Waals surface area contributed by atoms with E-state index in [-0.39, 0.29) is 48.8 Å². The van der Waals surface area contributed by atoms with Gasteiger partial charge in [-0.05, 0) is 44.6 Å². The molecular weight excluding hydrogens is 358 g/mol. The highest BCUT2D eigenvalue weighted by molar-refractivity contribution is 5.85. The van der Waals surface area contributed by atoms with Crippen LogP contribution in [-0.2, 0) is 19.1 Å². The summed E-state index contributed by atoms with van der Waals surface area (Å²) in [5.41, 5.74) is 0. The van der Waals surface area contributed by atoms with E-state index in [0.717, 1.165) is 45.2 Å². The number of hydrogen-bond acceptors (Lipinski definition) is 5. The first-order valence-electron chi connectivity index (χ1n) is 9.47. The standard InChI is InChI=1S/C18H33N3O4.ClH/c1-13-7-8-19-11-16(13)21-18(23)14-3-5-15(6-4-14)20-17(22)12-25-10-9-24-2;/h13-16,19H,3-12H2,1-2H3,(H,20,22)(H,21,23);1H.